The Balaban J connectivity index is 1.48. The highest BCUT2D eigenvalue weighted by Gasteiger charge is 2.60. The van der Waals surface area contributed by atoms with Gasteiger partial charge in [-0.3, -0.25) is 0 Å². The van der Waals surface area contributed by atoms with E-state index in [0.29, 0.717) is 37.4 Å². The molecule has 0 bridgehead atoms. The van der Waals surface area contributed by atoms with Crippen molar-refractivity contribution in [1.82, 2.24) is 8.61 Å². The standard InChI is InChI=1S/C20H24N2O4S2/c1-16-3-7-18(8-4-16)27(23,24)21-13-11-20(12-14-21)15-22(20)28(25,26)19-9-5-17(2)6-10-19/h3-10H,11-15H2,1-2H3. The van der Waals surface area contributed by atoms with Crippen LogP contribution in [0.25, 0.3) is 0 Å². The van der Waals surface area contributed by atoms with Gasteiger partial charge >= 0.3 is 0 Å². The van der Waals surface area contributed by atoms with Crippen molar-refractivity contribution in [2.45, 2.75) is 42.0 Å². The van der Waals surface area contributed by atoms with Crippen LogP contribution < -0.4 is 0 Å². The molecular weight excluding hydrogens is 396 g/mol. The monoisotopic (exact) mass is 420 g/mol. The van der Waals surface area contributed by atoms with Gasteiger partial charge < -0.3 is 0 Å². The van der Waals surface area contributed by atoms with Crippen molar-refractivity contribution < 1.29 is 16.8 Å². The number of rotatable bonds is 4. The lowest BCUT2D eigenvalue weighted by Crippen LogP contribution is -2.43. The fraction of sp³-hybridized carbons (Fsp3) is 0.400. The molecule has 2 fully saturated rings. The highest BCUT2D eigenvalue weighted by Crippen LogP contribution is 2.46. The normalized spacial score (nSPS) is 22.3. The van der Waals surface area contributed by atoms with Gasteiger partial charge in [0.25, 0.3) is 0 Å². The van der Waals surface area contributed by atoms with Crippen LogP contribution in [0.4, 0.5) is 0 Å². The Kier molecular flexibility index (Phi) is 4.65. The van der Waals surface area contributed by atoms with Gasteiger partial charge in [-0.15, -0.1) is 0 Å². The van der Waals surface area contributed by atoms with Crippen LogP contribution in [0.15, 0.2) is 58.3 Å². The first-order valence-corrected chi connectivity index (χ1v) is 12.2. The fourth-order valence-corrected chi connectivity index (χ4v) is 7.10. The molecule has 0 radical (unpaired) electrons. The summed E-state index contributed by atoms with van der Waals surface area (Å²) < 4.78 is 54.5. The molecule has 2 saturated heterocycles. The van der Waals surface area contributed by atoms with Crippen LogP contribution in [-0.4, -0.2) is 50.6 Å². The zero-order valence-electron chi connectivity index (χ0n) is 16.0. The Hall–Kier alpha value is -1.74. The molecule has 0 amide bonds. The molecule has 1 unspecified atom stereocenters. The molecule has 2 heterocycles. The Labute approximate surface area is 166 Å². The van der Waals surface area contributed by atoms with E-state index in [1.54, 1.807) is 48.5 Å². The van der Waals surface area contributed by atoms with Gasteiger partial charge in [-0.05, 0) is 51.0 Å². The largest absolute Gasteiger partial charge is 0.243 e. The van der Waals surface area contributed by atoms with Crippen LogP contribution in [0.1, 0.15) is 24.0 Å². The maximum atomic E-state index is 12.9. The molecule has 2 aliphatic rings. The number of hydrogen-bond donors (Lipinski definition) is 0. The van der Waals surface area contributed by atoms with Crippen molar-refractivity contribution in [3.63, 3.8) is 0 Å². The number of nitrogens with zero attached hydrogens (tertiary/aromatic N) is 2. The zero-order chi connectivity index (χ0) is 20.2. The zero-order valence-corrected chi connectivity index (χ0v) is 17.6. The molecule has 1 atom stereocenters. The number of aryl methyl sites for hydroxylation is 2. The van der Waals surface area contributed by atoms with E-state index in [2.05, 4.69) is 0 Å². The molecule has 4 rings (SSSR count). The molecule has 0 saturated carbocycles. The summed E-state index contributed by atoms with van der Waals surface area (Å²) in [6.07, 6.45) is 1.03. The predicted octanol–water partition coefficient (Wildman–Crippen LogP) is 2.53. The lowest BCUT2D eigenvalue weighted by molar-refractivity contribution is 0.282. The molecule has 8 heteroatoms. The minimum Gasteiger partial charge on any atom is -0.207 e. The SMILES string of the molecule is Cc1ccc(S(=O)(=O)N2CCC3(CC2)CN3S(=O)(=O)c2ccc(C)cc2)cc1. The third kappa shape index (κ3) is 3.28. The summed E-state index contributed by atoms with van der Waals surface area (Å²) in [5, 5.41) is 0. The van der Waals surface area contributed by atoms with E-state index in [1.807, 2.05) is 13.8 Å². The number of sulfonamides is 2. The van der Waals surface area contributed by atoms with Gasteiger partial charge in [0.15, 0.2) is 0 Å². The van der Waals surface area contributed by atoms with Gasteiger partial charge in [-0.25, -0.2) is 16.8 Å². The van der Waals surface area contributed by atoms with E-state index < -0.39 is 25.6 Å². The summed E-state index contributed by atoms with van der Waals surface area (Å²) in [5.41, 5.74) is 1.57. The number of hydrogen-bond acceptors (Lipinski definition) is 4. The van der Waals surface area contributed by atoms with Gasteiger partial charge in [0.1, 0.15) is 0 Å². The summed E-state index contributed by atoms with van der Waals surface area (Å²) in [4.78, 5) is 0.582. The van der Waals surface area contributed by atoms with Crippen molar-refractivity contribution >= 4 is 20.0 Å². The van der Waals surface area contributed by atoms with Crippen LogP contribution in [0, 0.1) is 13.8 Å². The lowest BCUT2D eigenvalue weighted by Gasteiger charge is -2.31. The fourth-order valence-electron chi connectivity index (χ4n) is 3.82. The summed E-state index contributed by atoms with van der Waals surface area (Å²) >= 11 is 0. The van der Waals surface area contributed by atoms with E-state index in [-0.39, 0.29) is 4.90 Å². The maximum absolute atomic E-state index is 12.9. The topological polar surface area (TPSA) is 74.5 Å². The van der Waals surface area contributed by atoms with Gasteiger partial charge in [-0.2, -0.15) is 8.61 Å². The average Bonchev–Trinajstić information content (AvgIpc) is 3.37. The van der Waals surface area contributed by atoms with Crippen LogP contribution in [0.3, 0.4) is 0 Å². The quantitative estimate of drug-likeness (QED) is 0.713. The highest BCUT2D eigenvalue weighted by atomic mass is 32.2. The van der Waals surface area contributed by atoms with Gasteiger partial charge in [0.05, 0.1) is 15.3 Å². The Bertz CT molecular complexity index is 1080. The molecule has 28 heavy (non-hydrogen) atoms. The second-order valence-corrected chi connectivity index (χ2v) is 11.6. The van der Waals surface area contributed by atoms with Crippen LogP contribution in [-0.2, 0) is 20.0 Å². The van der Waals surface area contributed by atoms with Crippen molar-refractivity contribution in [3.8, 4) is 0 Å². The molecule has 0 aliphatic carbocycles. The molecule has 6 nitrogen and oxygen atoms in total. The van der Waals surface area contributed by atoms with E-state index in [1.165, 1.54) is 8.61 Å². The van der Waals surface area contributed by atoms with Gasteiger partial charge in [0, 0.05) is 19.6 Å². The third-order valence-electron chi connectivity index (χ3n) is 5.78. The first kappa shape index (κ1) is 19.6. The van der Waals surface area contributed by atoms with Crippen LogP contribution in [0.5, 0.6) is 0 Å². The van der Waals surface area contributed by atoms with Gasteiger partial charge in [0.2, 0.25) is 20.0 Å². The molecule has 0 N–H and O–H groups in total. The number of piperidine rings is 1. The first-order chi connectivity index (χ1) is 13.1. The lowest BCUT2D eigenvalue weighted by atomic mass is 9.99. The second kappa shape index (κ2) is 6.66. The third-order valence-corrected chi connectivity index (χ3v) is 9.66. The van der Waals surface area contributed by atoms with E-state index in [0.717, 1.165) is 11.1 Å². The van der Waals surface area contributed by atoms with E-state index in [9.17, 15) is 16.8 Å². The summed E-state index contributed by atoms with van der Waals surface area (Å²) in [5.74, 6) is 0. The predicted molar refractivity (Wildman–Crippen MR) is 107 cm³/mol. The van der Waals surface area contributed by atoms with Crippen molar-refractivity contribution in [2.75, 3.05) is 19.6 Å². The summed E-state index contributed by atoms with van der Waals surface area (Å²) in [6.45, 7) is 4.95. The Morgan fingerprint density at radius 3 is 1.61 bits per heavy atom. The van der Waals surface area contributed by atoms with Gasteiger partial charge in [-0.1, -0.05) is 35.4 Å². The first-order valence-electron chi connectivity index (χ1n) is 9.32. The van der Waals surface area contributed by atoms with E-state index >= 15 is 0 Å². The highest BCUT2D eigenvalue weighted by molar-refractivity contribution is 7.89. The number of benzene rings is 2. The minimum atomic E-state index is -3.55. The molecule has 0 aromatic heterocycles. The Morgan fingerprint density at radius 1 is 0.714 bits per heavy atom. The molecule has 2 aromatic carbocycles. The van der Waals surface area contributed by atoms with E-state index in [4.69, 9.17) is 0 Å². The van der Waals surface area contributed by atoms with Crippen molar-refractivity contribution in [3.05, 3.63) is 59.7 Å². The summed E-state index contributed by atoms with van der Waals surface area (Å²) in [6, 6.07) is 13.7. The van der Waals surface area contributed by atoms with Crippen molar-refractivity contribution in [1.29, 1.82) is 0 Å². The maximum Gasteiger partial charge on any atom is 0.243 e. The molecule has 150 valence electrons. The van der Waals surface area contributed by atoms with Crippen LogP contribution >= 0.6 is 0 Å². The van der Waals surface area contributed by atoms with Crippen molar-refractivity contribution in [2.24, 2.45) is 0 Å². The minimum absolute atomic E-state index is 0.286. The average molecular weight is 421 g/mol. The molecule has 2 aliphatic heterocycles. The van der Waals surface area contributed by atoms with Crippen LogP contribution in [0.2, 0.25) is 0 Å². The smallest absolute Gasteiger partial charge is 0.207 e. The Morgan fingerprint density at radius 2 is 1.14 bits per heavy atom. The summed E-state index contributed by atoms with van der Waals surface area (Å²) in [7, 11) is -7.08. The second-order valence-electron chi connectivity index (χ2n) is 7.77. The molecule has 1 spiro atoms. The molecule has 2 aromatic rings. The molecular formula is C20H24N2O4S2.